The number of carbonyl (C=O) groups excluding carboxylic acids is 1. The van der Waals surface area contributed by atoms with Crippen molar-refractivity contribution in [3.05, 3.63) is 28.7 Å². The molecule has 0 spiro atoms. The molecule has 0 saturated heterocycles. The topological polar surface area (TPSA) is 78.4 Å². The van der Waals surface area contributed by atoms with Crippen LogP contribution in [0.3, 0.4) is 0 Å². The van der Waals surface area contributed by atoms with Gasteiger partial charge in [-0.2, -0.15) is 0 Å². The van der Waals surface area contributed by atoms with Gasteiger partial charge in [-0.3, -0.25) is 14.9 Å². The molecule has 0 heterocycles. The van der Waals surface area contributed by atoms with Crippen molar-refractivity contribution in [3.63, 3.8) is 0 Å². The van der Waals surface area contributed by atoms with Gasteiger partial charge in [0.25, 0.3) is 0 Å². The summed E-state index contributed by atoms with van der Waals surface area (Å²) in [6.45, 7) is 3.26. The standard InChI is InChI=1S/C13H17BrN2O3/c1-3-13(2,12(18)19)15-8-11(17)16-10-6-4-5-9(14)7-10/h4-7,15H,3,8H2,1-2H3,(H,16,17)(H,18,19). The van der Waals surface area contributed by atoms with Crippen molar-refractivity contribution in [1.29, 1.82) is 0 Å². The molecule has 0 aliphatic carbocycles. The fourth-order valence-corrected chi connectivity index (χ4v) is 1.80. The summed E-state index contributed by atoms with van der Waals surface area (Å²) in [5.74, 6) is -1.25. The molecule has 1 unspecified atom stereocenters. The fraction of sp³-hybridized carbons (Fsp3) is 0.385. The van der Waals surface area contributed by atoms with E-state index in [1.807, 2.05) is 6.07 Å². The highest BCUT2D eigenvalue weighted by Gasteiger charge is 2.30. The van der Waals surface area contributed by atoms with Crippen LogP contribution in [0.4, 0.5) is 5.69 Å². The number of anilines is 1. The van der Waals surface area contributed by atoms with Crippen molar-refractivity contribution in [2.45, 2.75) is 25.8 Å². The molecule has 0 radical (unpaired) electrons. The van der Waals surface area contributed by atoms with Crippen LogP contribution in [0.5, 0.6) is 0 Å². The Morgan fingerprint density at radius 1 is 1.42 bits per heavy atom. The van der Waals surface area contributed by atoms with E-state index >= 15 is 0 Å². The fourth-order valence-electron chi connectivity index (χ4n) is 1.40. The van der Waals surface area contributed by atoms with Gasteiger partial charge >= 0.3 is 5.97 Å². The highest BCUT2D eigenvalue weighted by atomic mass is 79.9. The summed E-state index contributed by atoms with van der Waals surface area (Å²) >= 11 is 3.31. The van der Waals surface area contributed by atoms with E-state index in [-0.39, 0.29) is 12.5 Å². The molecular formula is C13H17BrN2O3. The van der Waals surface area contributed by atoms with Crippen LogP contribution in [-0.2, 0) is 9.59 Å². The van der Waals surface area contributed by atoms with E-state index in [2.05, 4.69) is 26.6 Å². The lowest BCUT2D eigenvalue weighted by atomic mass is 9.99. The van der Waals surface area contributed by atoms with Crippen LogP contribution in [-0.4, -0.2) is 29.1 Å². The minimum atomic E-state index is -1.09. The molecule has 104 valence electrons. The zero-order valence-electron chi connectivity index (χ0n) is 10.9. The molecule has 5 nitrogen and oxygen atoms in total. The van der Waals surface area contributed by atoms with E-state index in [1.165, 1.54) is 0 Å². The lowest BCUT2D eigenvalue weighted by Gasteiger charge is -2.24. The summed E-state index contributed by atoms with van der Waals surface area (Å²) in [5, 5.41) is 14.5. The summed E-state index contributed by atoms with van der Waals surface area (Å²) in [6.07, 6.45) is 0.395. The quantitative estimate of drug-likeness (QED) is 0.748. The van der Waals surface area contributed by atoms with Gasteiger partial charge in [0, 0.05) is 10.2 Å². The highest BCUT2D eigenvalue weighted by Crippen LogP contribution is 2.15. The second kappa shape index (κ2) is 6.68. The van der Waals surface area contributed by atoms with Crippen molar-refractivity contribution in [3.8, 4) is 0 Å². The second-order valence-electron chi connectivity index (χ2n) is 4.40. The summed E-state index contributed by atoms with van der Waals surface area (Å²) in [4.78, 5) is 22.8. The lowest BCUT2D eigenvalue weighted by molar-refractivity contribution is -0.144. The third-order valence-corrected chi connectivity index (χ3v) is 3.42. The van der Waals surface area contributed by atoms with Crippen LogP contribution >= 0.6 is 15.9 Å². The van der Waals surface area contributed by atoms with Gasteiger partial charge in [-0.15, -0.1) is 0 Å². The number of carbonyl (C=O) groups is 2. The highest BCUT2D eigenvalue weighted by molar-refractivity contribution is 9.10. The van der Waals surface area contributed by atoms with E-state index in [9.17, 15) is 9.59 Å². The first kappa shape index (κ1) is 15.7. The number of carboxylic acids is 1. The second-order valence-corrected chi connectivity index (χ2v) is 5.32. The summed E-state index contributed by atoms with van der Waals surface area (Å²) < 4.78 is 0.863. The number of carboxylic acid groups (broad SMARTS) is 1. The largest absolute Gasteiger partial charge is 0.480 e. The number of benzene rings is 1. The van der Waals surface area contributed by atoms with Gasteiger partial charge in [-0.25, -0.2) is 0 Å². The van der Waals surface area contributed by atoms with E-state index in [0.717, 1.165) is 4.47 Å². The average molecular weight is 329 g/mol. The van der Waals surface area contributed by atoms with Crippen molar-refractivity contribution in [1.82, 2.24) is 5.32 Å². The van der Waals surface area contributed by atoms with Crippen LogP contribution in [0.25, 0.3) is 0 Å². The van der Waals surface area contributed by atoms with Gasteiger partial charge in [0.05, 0.1) is 6.54 Å². The molecule has 0 aliphatic rings. The Morgan fingerprint density at radius 2 is 2.11 bits per heavy atom. The molecule has 0 saturated carbocycles. The Balaban J connectivity index is 2.55. The molecule has 19 heavy (non-hydrogen) atoms. The number of aliphatic carboxylic acids is 1. The number of amides is 1. The van der Waals surface area contributed by atoms with E-state index in [0.29, 0.717) is 12.1 Å². The maximum Gasteiger partial charge on any atom is 0.323 e. The van der Waals surface area contributed by atoms with Gasteiger partial charge in [0.2, 0.25) is 5.91 Å². The Labute approximate surface area is 120 Å². The SMILES string of the molecule is CCC(C)(NCC(=O)Nc1cccc(Br)c1)C(=O)O. The predicted molar refractivity (Wildman–Crippen MR) is 77.1 cm³/mol. The van der Waals surface area contributed by atoms with Gasteiger partial charge in [0.15, 0.2) is 0 Å². The van der Waals surface area contributed by atoms with Crippen LogP contribution in [0.15, 0.2) is 28.7 Å². The maximum atomic E-state index is 11.7. The number of hydrogen-bond acceptors (Lipinski definition) is 3. The molecule has 1 atom stereocenters. The minimum absolute atomic E-state index is 0.0524. The van der Waals surface area contributed by atoms with Crippen LogP contribution < -0.4 is 10.6 Å². The molecule has 0 aromatic heterocycles. The maximum absolute atomic E-state index is 11.7. The Bertz CT molecular complexity index is 479. The number of nitrogens with one attached hydrogen (secondary N) is 2. The molecular weight excluding hydrogens is 312 g/mol. The first-order valence-corrected chi connectivity index (χ1v) is 6.70. The van der Waals surface area contributed by atoms with E-state index in [4.69, 9.17) is 5.11 Å². The van der Waals surface area contributed by atoms with Crippen molar-refractivity contribution in [2.24, 2.45) is 0 Å². The molecule has 0 aliphatic heterocycles. The lowest BCUT2D eigenvalue weighted by Crippen LogP contribution is -2.51. The van der Waals surface area contributed by atoms with Crippen molar-refractivity contribution >= 4 is 33.5 Å². The van der Waals surface area contributed by atoms with Gasteiger partial charge < -0.3 is 10.4 Å². The van der Waals surface area contributed by atoms with Crippen molar-refractivity contribution in [2.75, 3.05) is 11.9 Å². The van der Waals surface area contributed by atoms with E-state index in [1.54, 1.807) is 32.0 Å². The molecule has 0 fully saturated rings. The monoisotopic (exact) mass is 328 g/mol. The number of rotatable bonds is 6. The van der Waals surface area contributed by atoms with Gasteiger partial charge in [0.1, 0.15) is 5.54 Å². The van der Waals surface area contributed by atoms with Gasteiger partial charge in [-0.1, -0.05) is 28.9 Å². The molecule has 1 rings (SSSR count). The predicted octanol–water partition coefficient (Wildman–Crippen LogP) is 2.23. The summed E-state index contributed by atoms with van der Waals surface area (Å²) in [6, 6.07) is 7.19. The van der Waals surface area contributed by atoms with Crippen molar-refractivity contribution < 1.29 is 14.7 Å². The third kappa shape index (κ3) is 4.65. The number of halogens is 1. The Kier molecular flexibility index (Phi) is 5.50. The Hall–Kier alpha value is -1.40. The molecule has 1 amide bonds. The molecule has 1 aromatic rings. The number of hydrogen-bond donors (Lipinski definition) is 3. The zero-order chi connectivity index (χ0) is 14.5. The summed E-state index contributed by atoms with van der Waals surface area (Å²) in [5.41, 5.74) is -0.427. The average Bonchev–Trinajstić information content (AvgIpc) is 2.35. The third-order valence-electron chi connectivity index (χ3n) is 2.93. The smallest absolute Gasteiger partial charge is 0.323 e. The first-order chi connectivity index (χ1) is 8.87. The van der Waals surface area contributed by atoms with Crippen LogP contribution in [0, 0.1) is 0 Å². The minimum Gasteiger partial charge on any atom is -0.480 e. The molecule has 3 N–H and O–H groups in total. The van der Waals surface area contributed by atoms with Crippen LogP contribution in [0.1, 0.15) is 20.3 Å². The van der Waals surface area contributed by atoms with Crippen LogP contribution in [0.2, 0.25) is 0 Å². The van der Waals surface area contributed by atoms with E-state index < -0.39 is 11.5 Å². The Morgan fingerprint density at radius 3 is 2.63 bits per heavy atom. The molecule has 1 aromatic carbocycles. The summed E-state index contributed by atoms with van der Waals surface area (Å²) in [7, 11) is 0. The van der Waals surface area contributed by atoms with Gasteiger partial charge in [-0.05, 0) is 31.5 Å². The molecule has 6 heteroatoms. The molecule has 0 bridgehead atoms. The zero-order valence-corrected chi connectivity index (χ0v) is 12.5. The normalized spacial score (nSPS) is 13.6. The first-order valence-electron chi connectivity index (χ1n) is 5.91.